The van der Waals surface area contributed by atoms with Gasteiger partial charge in [0.05, 0.1) is 17.3 Å². The molecule has 0 radical (unpaired) electrons. The summed E-state index contributed by atoms with van der Waals surface area (Å²) < 4.78 is 54.6. The number of hydrogen-bond acceptors (Lipinski definition) is 7. The average molecular weight is 533 g/mol. The fourth-order valence-electron chi connectivity index (χ4n) is 4.26. The lowest BCUT2D eigenvalue weighted by atomic mass is 10.0. The van der Waals surface area contributed by atoms with Crippen molar-refractivity contribution in [1.29, 1.82) is 0 Å². The second kappa shape index (κ2) is 9.04. The van der Waals surface area contributed by atoms with Gasteiger partial charge in [0.1, 0.15) is 23.7 Å². The third-order valence-electron chi connectivity index (χ3n) is 5.95. The zero-order valence-electron chi connectivity index (χ0n) is 19.7. The minimum atomic E-state index is -3.45. The predicted octanol–water partition coefficient (Wildman–Crippen LogP) is 3.95. The fraction of sp³-hybridized carbons (Fsp3) is 0.0800. The Kier molecular flexibility index (Phi) is 5.65. The van der Waals surface area contributed by atoms with Gasteiger partial charge in [0.2, 0.25) is 10.0 Å². The summed E-state index contributed by atoms with van der Waals surface area (Å²) in [6.07, 6.45) is 6.99. The van der Waals surface area contributed by atoms with Crippen molar-refractivity contribution in [2.75, 3.05) is 6.26 Å². The summed E-state index contributed by atoms with van der Waals surface area (Å²) in [5.41, 5.74) is 4.22. The molecular formula is C25H18F2N8O2S. The van der Waals surface area contributed by atoms with Gasteiger partial charge in [-0.2, -0.15) is 5.10 Å². The lowest BCUT2D eigenvalue weighted by molar-refractivity contribution is 0.586. The van der Waals surface area contributed by atoms with E-state index in [1.807, 2.05) is 0 Å². The van der Waals surface area contributed by atoms with Crippen molar-refractivity contribution in [3.05, 3.63) is 78.5 Å². The maximum absolute atomic E-state index is 14.8. The van der Waals surface area contributed by atoms with E-state index in [9.17, 15) is 17.2 Å². The number of hydrogen-bond donors (Lipinski definition) is 3. The number of H-pyrrole nitrogens is 2. The van der Waals surface area contributed by atoms with Crippen LogP contribution >= 0.6 is 0 Å². The van der Waals surface area contributed by atoms with Gasteiger partial charge in [-0.1, -0.05) is 0 Å². The van der Waals surface area contributed by atoms with Crippen LogP contribution in [-0.2, 0) is 16.6 Å². The highest BCUT2D eigenvalue weighted by atomic mass is 32.2. The van der Waals surface area contributed by atoms with Crippen LogP contribution in [0.15, 0.2) is 61.3 Å². The van der Waals surface area contributed by atoms with E-state index < -0.39 is 21.7 Å². The molecule has 4 heterocycles. The maximum atomic E-state index is 14.8. The molecule has 0 spiro atoms. The molecule has 10 nitrogen and oxygen atoms in total. The van der Waals surface area contributed by atoms with E-state index in [1.54, 1.807) is 24.4 Å². The van der Waals surface area contributed by atoms with E-state index in [4.69, 9.17) is 0 Å². The Morgan fingerprint density at radius 1 is 1.00 bits per heavy atom. The van der Waals surface area contributed by atoms with Crippen molar-refractivity contribution < 1.29 is 17.2 Å². The van der Waals surface area contributed by atoms with Crippen LogP contribution in [0.2, 0.25) is 0 Å². The first kappa shape index (κ1) is 23.8. The molecule has 6 aromatic rings. The van der Waals surface area contributed by atoms with Crippen LogP contribution < -0.4 is 4.72 Å². The van der Waals surface area contributed by atoms with Gasteiger partial charge in [-0.05, 0) is 41.5 Å². The predicted molar refractivity (Wildman–Crippen MR) is 137 cm³/mol. The third-order valence-corrected chi connectivity index (χ3v) is 6.61. The molecule has 0 unspecified atom stereocenters. The smallest absolute Gasteiger partial charge is 0.209 e. The Bertz CT molecular complexity index is 1940. The molecule has 0 atom stereocenters. The van der Waals surface area contributed by atoms with Crippen molar-refractivity contribution in [3.63, 3.8) is 0 Å². The number of imidazole rings is 1. The van der Waals surface area contributed by atoms with Crippen LogP contribution in [0, 0.1) is 11.6 Å². The first-order valence-corrected chi connectivity index (χ1v) is 13.2. The van der Waals surface area contributed by atoms with Crippen molar-refractivity contribution in [3.8, 4) is 33.8 Å². The van der Waals surface area contributed by atoms with Crippen molar-refractivity contribution in [2.24, 2.45) is 0 Å². The van der Waals surface area contributed by atoms with Gasteiger partial charge in [-0.25, -0.2) is 41.9 Å². The monoisotopic (exact) mass is 532 g/mol. The summed E-state index contributed by atoms with van der Waals surface area (Å²) in [5.74, 6) is -0.595. The summed E-state index contributed by atoms with van der Waals surface area (Å²) in [7, 11) is -3.45. The van der Waals surface area contributed by atoms with Crippen LogP contribution in [0.4, 0.5) is 8.78 Å². The van der Waals surface area contributed by atoms with Crippen LogP contribution in [0.5, 0.6) is 0 Å². The van der Waals surface area contributed by atoms with Crippen LogP contribution in [0.25, 0.3) is 55.8 Å². The number of sulfonamides is 1. The van der Waals surface area contributed by atoms with Crippen molar-refractivity contribution in [2.45, 2.75) is 6.54 Å². The number of fused-ring (bicyclic) bond motifs is 2. The minimum Gasteiger partial charge on any atom is -0.335 e. The summed E-state index contributed by atoms with van der Waals surface area (Å²) in [6.45, 7) is -0.0589. The Balaban J connectivity index is 1.45. The van der Waals surface area contributed by atoms with Crippen LogP contribution in [0.3, 0.4) is 0 Å². The van der Waals surface area contributed by atoms with E-state index in [2.05, 4.69) is 39.8 Å². The Morgan fingerprint density at radius 3 is 2.61 bits per heavy atom. The molecule has 13 heteroatoms. The molecule has 2 aromatic carbocycles. The zero-order valence-corrected chi connectivity index (χ0v) is 20.5. The number of pyridine rings is 1. The van der Waals surface area contributed by atoms with Gasteiger partial charge in [0.15, 0.2) is 11.5 Å². The van der Waals surface area contributed by atoms with Crippen LogP contribution in [-0.4, -0.2) is 49.8 Å². The molecule has 190 valence electrons. The summed E-state index contributed by atoms with van der Waals surface area (Å²) in [6, 6.07) is 9.01. The number of nitrogens with zero attached hydrogens (tertiary/aromatic N) is 5. The first-order chi connectivity index (χ1) is 18.2. The van der Waals surface area contributed by atoms with Gasteiger partial charge >= 0.3 is 0 Å². The number of aromatic nitrogens is 7. The van der Waals surface area contributed by atoms with E-state index >= 15 is 0 Å². The zero-order chi connectivity index (χ0) is 26.4. The highest BCUT2D eigenvalue weighted by Gasteiger charge is 2.19. The standard InChI is InChI=1S/C25H18F2N8O2S/c1-38(36,37)31-9-13-4-14(6-16(26)5-13)17-2-3-30-24-22(17)32-25(33-24)23-19-7-18(15-10-28-12-29-11-15)20(27)8-21(19)34-35-23/h2-8,10-12,31H,9H2,1H3,(H,34,35)(H,30,32,33). The number of aromatic amines is 2. The number of halogens is 2. The van der Waals surface area contributed by atoms with Crippen molar-refractivity contribution >= 4 is 32.1 Å². The third kappa shape index (κ3) is 4.48. The highest BCUT2D eigenvalue weighted by molar-refractivity contribution is 7.88. The molecule has 3 N–H and O–H groups in total. The molecule has 0 saturated carbocycles. The van der Waals surface area contributed by atoms with Gasteiger partial charge in [-0.15, -0.1) is 0 Å². The molecule has 0 fully saturated rings. The van der Waals surface area contributed by atoms with Gasteiger partial charge < -0.3 is 4.98 Å². The Hall–Kier alpha value is -4.62. The van der Waals surface area contributed by atoms with E-state index in [-0.39, 0.29) is 6.54 Å². The molecule has 38 heavy (non-hydrogen) atoms. The lowest BCUT2D eigenvalue weighted by Crippen LogP contribution is -2.21. The maximum Gasteiger partial charge on any atom is 0.209 e. The number of benzene rings is 2. The SMILES string of the molecule is CS(=O)(=O)NCc1cc(F)cc(-c2ccnc3nc(-c4n[nH]c5cc(F)c(-c6cncnc6)cc45)[nH]c23)c1. The topological polar surface area (TPSA) is 142 Å². The van der Waals surface area contributed by atoms with Gasteiger partial charge in [0, 0.05) is 53.3 Å². The minimum absolute atomic E-state index is 0.0589. The van der Waals surface area contributed by atoms with Gasteiger partial charge in [-0.3, -0.25) is 5.10 Å². The Morgan fingerprint density at radius 2 is 1.82 bits per heavy atom. The molecule has 4 aromatic heterocycles. The molecule has 0 bridgehead atoms. The molecule has 6 rings (SSSR count). The Labute approximate surface area is 214 Å². The molecule has 0 saturated heterocycles. The molecule has 0 aliphatic carbocycles. The number of nitrogens with one attached hydrogen (secondary N) is 3. The second-order valence-electron chi connectivity index (χ2n) is 8.66. The summed E-state index contributed by atoms with van der Waals surface area (Å²) >= 11 is 0. The van der Waals surface area contributed by atoms with E-state index in [0.29, 0.717) is 61.4 Å². The molecule has 0 amide bonds. The summed E-state index contributed by atoms with van der Waals surface area (Å²) in [4.78, 5) is 20.1. The summed E-state index contributed by atoms with van der Waals surface area (Å²) in [5, 5.41) is 7.79. The lowest BCUT2D eigenvalue weighted by Gasteiger charge is -2.08. The average Bonchev–Trinajstić information content (AvgIpc) is 3.50. The van der Waals surface area contributed by atoms with Gasteiger partial charge in [0.25, 0.3) is 0 Å². The molecule has 0 aliphatic heterocycles. The fourth-order valence-corrected chi connectivity index (χ4v) is 4.69. The van der Waals surface area contributed by atoms with Crippen molar-refractivity contribution in [1.82, 2.24) is 39.8 Å². The molecular weight excluding hydrogens is 514 g/mol. The highest BCUT2D eigenvalue weighted by Crippen LogP contribution is 2.34. The number of rotatable bonds is 6. The van der Waals surface area contributed by atoms with E-state index in [1.165, 1.54) is 36.9 Å². The van der Waals surface area contributed by atoms with E-state index in [0.717, 1.165) is 6.26 Å². The quantitative estimate of drug-likeness (QED) is 0.295. The van der Waals surface area contributed by atoms with Crippen LogP contribution in [0.1, 0.15) is 5.56 Å². The largest absolute Gasteiger partial charge is 0.335 e. The first-order valence-electron chi connectivity index (χ1n) is 11.3. The second-order valence-corrected chi connectivity index (χ2v) is 10.5. The molecule has 0 aliphatic rings. The normalized spacial score (nSPS) is 12.0.